The summed E-state index contributed by atoms with van der Waals surface area (Å²) in [6, 6.07) is 3.33. The molecule has 0 aliphatic carbocycles. The molecule has 8 heteroatoms. The van der Waals surface area contributed by atoms with Crippen LogP contribution in [-0.4, -0.2) is 29.3 Å². The molecule has 2 aromatic rings. The molecule has 1 fully saturated rings. The standard InChI is InChI=1S/C17H16F2N4O2/c18-13-4-10(6-20)5-14(19)15(13)17(24)21-7-11-2-1-3-25-16(11)12-8-22-23-9-12/h4-5,8-9,11,16H,1-3,7H2,(H,21,24)(H,22,23)/t11-,16+/m0/s1. The van der Waals surface area contributed by atoms with E-state index in [4.69, 9.17) is 10.00 Å². The van der Waals surface area contributed by atoms with Crippen LogP contribution in [0.25, 0.3) is 0 Å². The Bertz CT molecular complexity index is 778. The van der Waals surface area contributed by atoms with Crippen molar-refractivity contribution in [1.29, 1.82) is 5.26 Å². The molecular formula is C17H16F2N4O2. The molecule has 0 spiro atoms. The Labute approximate surface area is 142 Å². The maximum Gasteiger partial charge on any atom is 0.257 e. The normalized spacial score (nSPS) is 20.0. The molecule has 25 heavy (non-hydrogen) atoms. The Morgan fingerprint density at radius 3 is 2.84 bits per heavy atom. The summed E-state index contributed by atoms with van der Waals surface area (Å²) >= 11 is 0. The van der Waals surface area contributed by atoms with Gasteiger partial charge in [-0.3, -0.25) is 9.89 Å². The predicted octanol–water partition coefficient (Wildman–Crippen LogP) is 2.46. The number of nitriles is 1. The highest BCUT2D eigenvalue weighted by Crippen LogP contribution is 2.32. The Hall–Kier alpha value is -2.79. The monoisotopic (exact) mass is 346 g/mol. The molecule has 1 amide bonds. The van der Waals surface area contributed by atoms with Gasteiger partial charge in [0.15, 0.2) is 0 Å². The highest BCUT2D eigenvalue weighted by molar-refractivity contribution is 5.94. The van der Waals surface area contributed by atoms with Gasteiger partial charge in [0.2, 0.25) is 0 Å². The molecule has 130 valence electrons. The number of carbonyl (C=O) groups excluding carboxylic acids is 1. The van der Waals surface area contributed by atoms with Crippen molar-refractivity contribution in [2.24, 2.45) is 5.92 Å². The van der Waals surface area contributed by atoms with Gasteiger partial charge < -0.3 is 10.1 Å². The Morgan fingerprint density at radius 1 is 1.44 bits per heavy atom. The number of halogens is 2. The summed E-state index contributed by atoms with van der Waals surface area (Å²) in [6.07, 6.45) is 4.81. The fraction of sp³-hybridized carbons (Fsp3) is 0.353. The zero-order valence-electron chi connectivity index (χ0n) is 13.3. The number of nitrogens with zero attached hydrogens (tertiary/aromatic N) is 2. The highest BCUT2D eigenvalue weighted by Gasteiger charge is 2.29. The number of ether oxygens (including phenoxy) is 1. The number of rotatable bonds is 4. The Balaban J connectivity index is 1.70. The highest BCUT2D eigenvalue weighted by atomic mass is 19.1. The summed E-state index contributed by atoms with van der Waals surface area (Å²) in [7, 11) is 0. The minimum atomic E-state index is -1.06. The van der Waals surface area contributed by atoms with Crippen LogP contribution in [0.5, 0.6) is 0 Å². The van der Waals surface area contributed by atoms with Crippen molar-refractivity contribution in [3.8, 4) is 6.07 Å². The fourth-order valence-corrected chi connectivity index (χ4v) is 3.00. The second kappa shape index (κ2) is 7.40. The molecule has 2 N–H and O–H groups in total. The molecule has 2 atom stereocenters. The lowest BCUT2D eigenvalue weighted by atomic mass is 9.90. The summed E-state index contributed by atoms with van der Waals surface area (Å²) < 4.78 is 33.6. The van der Waals surface area contributed by atoms with Crippen LogP contribution in [0.4, 0.5) is 8.78 Å². The van der Waals surface area contributed by atoms with Gasteiger partial charge >= 0.3 is 0 Å². The summed E-state index contributed by atoms with van der Waals surface area (Å²) in [6.45, 7) is 0.826. The van der Waals surface area contributed by atoms with Gasteiger partial charge in [-0.2, -0.15) is 10.4 Å². The average Bonchev–Trinajstić information content (AvgIpc) is 3.14. The largest absolute Gasteiger partial charge is 0.373 e. The summed E-state index contributed by atoms with van der Waals surface area (Å²) in [4.78, 5) is 12.2. The molecule has 3 rings (SSSR count). The van der Waals surface area contributed by atoms with E-state index >= 15 is 0 Å². The van der Waals surface area contributed by atoms with E-state index in [1.807, 2.05) is 0 Å². The van der Waals surface area contributed by atoms with Crippen LogP contribution < -0.4 is 5.32 Å². The summed E-state index contributed by atoms with van der Waals surface area (Å²) in [5.41, 5.74) is 0.0116. The first kappa shape index (κ1) is 17.0. The molecule has 0 saturated carbocycles. The van der Waals surface area contributed by atoms with E-state index in [0.717, 1.165) is 30.5 Å². The summed E-state index contributed by atoms with van der Waals surface area (Å²) in [5, 5.41) is 17.9. The number of aromatic nitrogens is 2. The quantitative estimate of drug-likeness (QED) is 0.890. The smallest absolute Gasteiger partial charge is 0.257 e. The molecule has 0 bridgehead atoms. The second-order valence-corrected chi connectivity index (χ2v) is 5.86. The molecule has 6 nitrogen and oxygen atoms in total. The fourth-order valence-electron chi connectivity index (χ4n) is 3.00. The van der Waals surface area contributed by atoms with E-state index in [9.17, 15) is 13.6 Å². The molecule has 1 saturated heterocycles. The lowest BCUT2D eigenvalue weighted by molar-refractivity contribution is -0.0272. The van der Waals surface area contributed by atoms with Crippen LogP contribution in [0.2, 0.25) is 0 Å². The van der Waals surface area contributed by atoms with Crippen molar-refractivity contribution < 1.29 is 18.3 Å². The first-order valence-corrected chi connectivity index (χ1v) is 7.87. The van der Waals surface area contributed by atoms with Crippen molar-refractivity contribution in [3.63, 3.8) is 0 Å². The third-order valence-corrected chi connectivity index (χ3v) is 4.22. The average molecular weight is 346 g/mol. The van der Waals surface area contributed by atoms with Crippen molar-refractivity contribution in [2.75, 3.05) is 13.2 Å². The van der Waals surface area contributed by atoms with E-state index in [2.05, 4.69) is 15.5 Å². The predicted molar refractivity (Wildman–Crippen MR) is 83.4 cm³/mol. The van der Waals surface area contributed by atoms with Crippen LogP contribution in [0, 0.1) is 28.9 Å². The van der Waals surface area contributed by atoms with Gasteiger partial charge in [0.1, 0.15) is 17.2 Å². The van der Waals surface area contributed by atoms with Gasteiger partial charge in [0.25, 0.3) is 5.91 Å². The van der Waals surface area contributed by atoms with E-state index in [-0.39, 0.29) is 24.1 Å². The lowest BCUT2D eigenvalue weighted by Crippen LogP contribution is -2.35. The number of hydrogen-bond acceptors (Lipinski definition) is 4. The zero-order chi connectivity index (χ0) is 17.8. The van der Waals surface area contributed by atoms with Gasteiger partial charge in [-0.05, 0) is 25.0 Å². The SMILES string of the molecule is N#Cc1cc(F)c(C(=O)NC[C@@H]2CCCO[C@H]2c2cn[nH]c2)c(F)c1. The van der Waals surface area contributed by atoms with Crippen molar-refractivity contribution in [3.05, 3.63) is 52.9 Å². The van der Waals surface area contributed by atoms with Gasteiger partial charge in [0.05, 0.1) is 23.9 Å². The van der Waals surface area contributed by atoms with Gasteiger partial charge in [-0.25, -0.2) is 8.78 Å². The zero-order valence-corrected chi connectivity index (χ0v) is 13.3. The van der Waals surface area contributed by atoms with Crippen molar-refractivity contribution in [1.82, 2.24) is 15.5 Å². The number of carbonyl (C=O) groups is 1. The Kier molecular flexibility index (Phi) is 5.05. The number of hydrogen-bond donors (Lipinski definition) is 2. The third-order valence-electron chi connectivity index (χ3n) is 4.22. The molecule has 0 radical (unpaired) electrons. The topological polar surface area (TPSA) is 90.8 Å². The van der Waals surface area contributed by atoms with Crippen molar-refractivity contribution >= 4 is 5.91 Å². The van der Waals surface area contributed by atoms with Crippen LogP contribution >= 0.6 is 0 Å². The van der Waals surface area contributed by atoms with Gasteiger partial charge in [-0.15, -0.1) is 0 Å². The number of H-pyrrole nitrogens is 1. The van der Waals surface area contributed by atoms with Gasteiger partial charge in [-0.1, -0.05) is 0 Å². The van der Waals surface area contributed by atoms with E-state index < -0.39 is 23.1 Å². The van der Waals surface area contributed by atoms with Gasteiger partial charge in [0, 0.05) is 30.8 Å². The number of amides is 1. The maximum absolute atomic E-state index is 13.9. The Morgan fingerprint density at radius 2 is 2.20 bits per heavy atom. The number of aromatic amines is 1. The van der Waals surface area contributed by atoms with Crippen LogP contribution in [0.15, 0.2) is 24.5 Å². The maximum atomic E-state index is 13.9. The van der Waals surface area contributed by atoms with Crippen LogP contribution in [-0.2, 0) is 4.74 Å². The van der Waals surface area contributed by atoms with Crippen LogP contribution in [0.1, 0.15) is 40.4 Å². The van der Waals surface area contributed by atoms with Crippen molar-refractivity contribution in [2.45, 2.75) is 18.9 Å². The second-order valence-electron chi connectivity index (χ2n) is 5.86. The first-order chi connectivity index (χ1) is 12.1. The minimum Gasteiger partial charge on any atom is -0.373 e. The lowest BCUT2D eigenvalue weighted by Gasteiger charge is -2.31. The molecular weight excluding hydrogens is 330 g/mol. The minimum absolute atomic E-state index is 0.0280. The third kappa shape index (κ3) is 3.67. The first-order valence-electron chi connectivity index (χ1n) is 7.87. The molecule has 0 unspecified atom stereocenters. The number of nitrogens with one attached hydrogen (secondary N) is 2. The number of benzene rings is 1. The van der Waals surface area contributed by atoms with E-state index in [1.54, 1.807) is 18.5 Å². The molecule has 1 aromatic heterocycles. The van der Waals surface area contributed by atoms with E-state index in [1.165, 1.54) is 0 Å². The molecule has 1 aliphatic rings. The molecule has 1 aliphatic heterocycles. The van der Waals surface area contributed by atoms with E-state index in [0.29, 0.717) is 6.61 Å². The summed E-state index contributed by atoms with van der Waals surface area (Å²) in [5.74, 6) is -2.99. The molecule has 2 heterocycles. The molecule has 1 aromatic carbocycles. The van der Waals surface area contributed by atoms with Crippen LogP contribution in [0.3, 0.4) is 0 Å².